The summed E-state index contributed by atoms with van der Waals surface area (Å²) >= 11 is 3.54. The van der Waals surface area contributed by atoms with Crippen LogP contribution in [0.5, 0.6) is 17.2 Å². The summed E-state index contributed by atoms with van der Waals surface area (Å²) in [5, 5.41) is 11.7. The average molecular weight is 702 g/mol. The Morgan fingerprint density at radius 2 is 1.74 bits per heavy atom. The van der Waals surface area contributed by atoms with Crippen molar-refractivity contribution in [1.29, 1.82) is 0 Å². The van der Waals surface area contributed by atoms with E-state index >= 15 is 0 Å². The number of carbonyl (C=O) groups excluding carboxylic acids is 3. The Labute approximate surface area is 280 Å². The molecule has 0 bridgehead atoms. The molecular formula is C35H33BrN4O7. The summed E-state index contributed by atoms with van der Waals surface area (Å²) in [7, 11) is 1.45. The van der Waals surface area contributed by atoms with Crippen LogP contribution in [0.3, 0.4) is 0 Å². The van der Waals surface area contributed by atoms with E-state index in [1.54, 1.807) is 32.0 Å². The summed E-state index contributed by atoms with van der Waals surface area (Å²) in [6, 6.07) is 23.6. The van der Waals surface area contributed by atoms with Crippen LogP contribution in [0.2, 0.25) is 0 Å². The van der Waals surface area contributed by atoms with Crippen LogP contribution in [0.4, 0.5) is 4.79 Å². The normalized spacial score (nSPS) is 14.4. The van der Waals surface area contributed by atoms with Gasteiger partial charge in [0.2, 0.25) is 0 Å². The number of amides is 3. The van der Waals surface area contributed by atoms with Gasteiger partial charge in [-0.05, 0) is 93.6 Å². The van der Waals surface area contributed by atoms with Crippen molar-refractivity contribution < 1.29 is 33.3 Å². The van der Waals surface area contributed by atoms with Gasteiger partial charge in [-0.2, -0.15) is 5.10 Å². The van der Waals surface area contributed by atoms with Gasteiger partial charge in [-0.3, -0.25) is 4.79 Å². The number of nitrogens with zero attached hydrogens (tertiary/aromatic N) is 1. The van der Waals surface area contributed by atoms with Gasteiger partial charge in [0.05, 0.1) is 36.0 Å². The zero-order valence-electron chi connectivity index (χ0n) is 26.0. The minimum Gasteiger partial charge on any atom is -0.493 e. The van der Waals surface area contributed by atoms with E-state index < -0.39 is 23.9 Å². The number of benzene rings is 4. The van der Waals surface area contributed by atoms with Crippen LogP contribution in [0, 0.1) is 0 Å². The Morgan fingerprint density at radius 3 is 2.51 bits per heavy atom. The molecule has 12 heteroatoms. The highest BCUT2D eigenvalue weighted by Gasteiger charge is 2.32. The summed E-state index contributed by atoms with van der Waals surface area (Å²) in [6.07, 6.45) is 1.51. The van der Waals surface area contributed by atoms with Crippen LogP contribution in [0.15, 0.2) is 99.7 Å². The zero-order valence-corrected chi connectivity index (χ0v) is 27.6. The minimum atomic E-state index is -0.770. The molecule has 0 unspecified atom stereocenters. The third kappa shape index (κ3) is 8.27. The first-order valence-corrected chi connectivity index (χ1v) is 15.5. The quantitative estimate of drug-likeness (QED) is 0.0950. The number of ether oxygens (including phenoxy) is 4. The maximum atomic E-state index is 12.6. The van der Waals surface area contributed by atoms with Gasteiger partial charge in [0.25, 0.3) is 5.91 Å². The topological polar surface area (TPSA) is 137 Å². The molecule has 242 valence electrons. The lowest BCUT2D eigenvalue weighted by Gasteiger charge is -2.28. The number of fused-ring (bicyclic) bond motifs is 1. The van der Waals surface area contributed by atoms with Crippen molar-refractivity contribution in [3.63, 3.8) is 0 Å². The highest BCUT2D eigenvalue weighted by molar-refractivity contribution is 9.10. The predicted molar refractivity (Wildman–Crippen MR) is 180 cm³/mol. The predicted octanol–water partition coefficient (Wildman–Crippen LogP) is 5.91. The van der Waals surface area contributed by atoms with E-state index in [-0.39, 0.29) is 24.5 Å². The monoisotopic (exact) mass is 700 g/mol. The van der Waals surface area contributed by atoms with Gasteiger partial charge < -0.3 is 29.6 Å². The number of rotatable bonds is 12. The molecule has 11 nitrogen and oxygen atoms in total. The largest absolute Gasteiger partial charge is 0.493 e. The second kappa shape index (κ2) is 15.3. The first-order chi connectivity index (χ1) is 22.7. The van der Waals surface area contributed by atoms with Crippen molar-refractivity contribution in [3.8, 4) is 17.2 Å². The third-order valence-corrected chi connectivity index (χ3v) is 7.83. The van der Waals surface area contributed by atoms with E-state index in [1.165, 1.54) is 18.7 Å². The second-order valence-corrected chi connectivity index (χ2v) is 11.3. The molecule has 1 aliphatic rings. The number of nitrogens with one attached hydrogen (secondary N) is 3. The van der Waals surface area contributed by atoms with Crippen LogP contribution in [-0.2, 0) is 20.9 Å². The van der Waals surface area contributed by atoms with E-state index in [2.05, 4.69) is 61.4 Å². The first kappa shape index (κ1) is 33.0. The first-order valence-electron chi connectivity index (χ1n) is 14.7. The number of allylic oxidation sites excluding steroid dienone is 1. The molecule has 1 aliphatic heterocycles. The van der Waals surface area contributed by atoms with Crippen LogP contribution >= 0.6 is 15.9 Å². The van der Waals surface area contributed by atoms with E-state index in [0.29, 0.717) is 29.4 Å². The van der Waals surface area contributed by atoms with Crippen LogP contribution in [-0.4, -0.2) is 44.4 Å². The number of hydrogen-bond acceptors (Lipinski definition) is 8. The summed E-state index contributed by atoms with van der Waals surface area (Å²) < 4.78 is 23.1. The van der Waals surface area contributed by atoms with Crippen LogP contribution in [0.1, 0.15) is 36.6 Å². The minimum absolute atomic E-state index is 0.185. The lowest BCUT2D eigenvalue weighted by atomic mass is 9.95. The van der Waals surface area contributed by atoms with Gasteiger partial charge in [-0.15, -0.1) is 0 Å². The van der Waals surface area contributed by atoms with Crippen molar-refractivity contribution in [2.24, 2.45) is 5.10 Å². The Balaban J connectivity index is 1.15. The third-order valence-electron chi connectivity index (χ3n) is 7.21. The molecule has 1 atom stereocenters. The van der Waals surface area contributed by atoms with Crippen LogP contribution < -0.4 is 30.3 Å². The number of methoxy groups -OCH3 is 1. The van der Waals surface area contributed by atoms with Crippen molar-refractivity contribution in [2.75, 3.05) is 20.3 Å². The van der Waals surface area contributed by atoms with E-state index in [4.69, 9.17) is 18.9 Å². The van der Waals surface area contributed by atoms with E-state index in [9.17, 15) is 14.4 Å². The van der Waals surface area contributed by atoms with E-state index in [1.807, 2.05) is 36.4 Å². The molecule has 0 radical (unpaired) electrons. The molecule has 4 aromatic rings. The molecule has 4 aromatic carbocycles. The number of hydrazone groups is 1. The van der Waals surface area contributed by atoms with Gasteiger partial charge in [0, 0.05) is 5.70 Å². The Morgan fingerprint density at radius 1 is 0.957 bits per heavy atom. The van der Waals surface area contributed by atoms with Crippen molar-refractivity contribution in [2.45, 2.75) is 26.5 Å². The maximum absolute atomic E-state index is 12.6. The van der Waals surface area contributed by atoms with Gasteiger partial charge in [-0.25, -0.2) is 15.0 Å². The lowest BCUT2D eigenvalue weighted by Crippen LogP contribution is -2.45. The molecule has 47 heavy (non-hydrogen) atoms. The van der Waals surface area contributed by atoms with Crippen LogP contribution in [0.25, 0.3) is 10.8 Å². The smallest absolute Gasteiger partial charge is 0.338 e. The second-order valence-electron chi connectivity index (χ2n) is 10.4. The molecule has 3 amide bonds. The van der Waals surface area contributed by atoms with Gasteiger partial charge in [0.1, 0.15) is 12.4 Å². The molecule has 0 aromatic heterocycles. The number of halogens is 1. The molecule has 0 aliphatic carbocycles. The SMILES string of the molecule is CCOC(=O)C1=C(C)NC(=O)N[C@@H]1c1ccc(OCC(=O)N/N=C\c2ccc(OCc3ccc4ccccc4c3)c(Br)c2)c(OC)c1. The summed E-state index contributed by atoms with van der Waals surface area (Å²) in [6.45, 7) is 3.60. The summed E-state index contributed by atoms with van der Waals surface area (Å²) in [5.41, 5.74) is 5.47. The highest BCUT2D eigenvalue weighted by Crippen LogP contribution is 2.34. The van der Waals surface area contributed by atoms with Gasteiger partial charge in [0.15, 0.2) is 18.1 Å². The molecule has 1 heterocycles. The summed E-state index contributed by atoms with van der Waals surface area (Å²) in [5.74, 6) is 0.235. The van der Waals surface area contributed by atoms with E-state index in [0.717, 1.165) is 21.0 Å². The molecule has 5 rings (SSSR count). The molecular weight excluding hydrogens is 668 g/mol. The fourth-order valence-electron chi connectivity index (χ4n) is 4.96. The molecule has 0 saturated heterocycles. The standard InChI is InChI=1S/C35H33BrN4O7/c1-4-45-34(42)32-21(2)38-35(43)39-33(32)26-12-14-29(30(17-26)44-3)47-20-31(41)40-37-18-22-10-13-28(27(36)16-22)46-19-23-9-11-24-7-5-6-8-25(24)15-23/h5-18,33H,4,19-20H2,1-3H3,(H,40,41)(H2,38,39,43)/b37-18-/t33-/m1/s1. The highest BCUT2D eigenvalue weighted by atomic mass is 79.9. The fraction of sp³-hybridized carbons (Fsp3) is 0.200. The zero-order chi connectivity index (χ0) is 33.3. The molecule has 0 saturated carbocycles. The Bertz CT molecular complexity index is 1870. The van der Waals surface area contributed by atoms with Crippen molar-refractivity contribution >= 4 is 50.8 Å². The van der Waals surface area contributed by atoms with Gasteiger partial charge in [-0.1, -0.05) is 42.5 Å². The Kier molecular flexibility index (Phi) is 10.7. The fourth-order valence-corrected chi connectivity index (χ4v) is 5.48. The maximum Gasteiger partial charge on any atom is 0.338 e. The molecule has 3 N–H and O–H groups in total. The number of carbonyl (C=O) groups is 3. The molecule has 0 fully saturated rings. The average Bonchev–Trinajstić information content (AvgIpc) is 3.06. The lowest BCUT2D eigenvalue weighted by molar-refractivity contribution is -0.139. The summed E-state index contributed by atoms with van der Waals surface area (Å²) in [4.78, 5) is 37.3. The van der Waals surface area contributed by atoms with Crippen molar-refractivity contribution in [3.05, 3.63) is 111 Å². The number of hydrogen-bond donors (Lipinski definition) is 3. The Hall–Kier alpha value is -5.36. The number of esters is 1. The molecule has 0 spiro atoms. The van der Waals surface area contributed by atoms with Crippen molar-refractivity contribution in [1.82, 2.24) is 16.1 Å². The number of urea groups is 1. The van der Waals surface area contributed by atoms with Gasteiger partial charge >= 0.3 is 12.0 Å².